The van der Waals surface area contributed by atoms with Gasteiger partial charge in [0.1, 0.15) is 5.82 Å². The van der Waals surface area contributed by atoms with Gasteiger partial charge in [0.2, 0.25) is 0 Å². The van der Waals surface area contributed by atoms with Gasteiger partial charge in [-0.05, 0) is 56.0 Å². The van der Waals surface area contributed by atoms with Gasteiger partial charge in [-0.2, -0.15) is 0 Å². The average molecular weight is 412 g/mol. The zero-order chi connectivity index (χ0) is 22.2. The number of aryl methyl sites for hydroxylation is 2. The Bertz CT molecular complexity index is 813. The monoisotopic (exact) mass is 411 g/mol. The largest absolute Gasteiger partial charge is 0.478 e. The number of nitrogens with two attached hydrogens (primary N) is 1. The number of aromatic nitrogens is 1. The number of hydrogen-bond acceptors (Lipinski definition) is 5. The summed E-state index contributed by atoms with van der Waals surface area (Å²) in [5.74, 6) is -1.89. The predicted molar refractivity (Wildman–Crippen MR) is 119 cm³/mol. The lowest BCUT2D eigenvalue weighted by molar-refractivity contribution is -0.134. The molecule has 5 N–H and O–H groups in total. The first-order chi connectivity index (χ1) is 14.4. The third kappa shape index (κ3) is 12.9. The van der Waals surface area contributed by atoms with E-state index in [0.29, 0.717) is 18.0 Å². The molecule has 0 aliphatic carbocycles. The first-order valence-electron chi connectivity index (χ1n) is 9.66. The standard InChI is InChI=1S/C19H25N3.C4H4O4/c1-16-14-18(22-19(20)15-16)11-5-6-12-21-13-7-10-17-8-3-2-4-9-17;5-3(6)1-2-4(7)8/h2-4,7-10,14-15,21H,5-6,11-13H2,1H3,(H2,20,22);1-2H,(H,5,6)(H,7,8). The number of nitrogens with zero attached hydrogens (tertiary/aromatic N) is 1. The van der Waals surface area contributed by atoms with Crippen LogP contribution in [0.3, 0.4) is 0 Å². The SMILES string of the molecule is Cc1cc(N)nc(CCCCNCC=Cc2ccccc2)c1.O=C(O)C=CC(=O)O. The molecule has 0 bridgehead atoms. The Morgan fingerprint density at radius 2 is 1.73 bits per heavy atom. The van der Waals surface area contributed by atoms with Gasteiger partial charge in [-0.15, -0.1) is 0 Å². The van der Waals surface area contributed by atoms with Crippen LogP contribution in [0, 0.1) is 6.92 Å². The molecule has 2 aromatic rings. The number of rotatable bonds is 10. The predicted octanol–water partition coefficient (Wildman–Crippen LogP) is 3.31. The van der Waals surface area contributed by atoms with Crippen molar-refractivity contribution in [3.05, 3.63) is 77.5 Å². The second kappa shape index (κ2) is 14.5. The van der Waals surface area contributed by atoms with E-state index in [-0.39, 0.29) is 0 Å². The minimum absolute atomic E-state index is 0.558. The third-order valence-corrected chi connectivity index (χ3v) is 3.82. The van der Waals surface area contributed by atoms with Crippen molar-refractivity contribution in [3.63, 3.8) is 0 Å². The van der Waals surface area contributed by atoms with Crippen LogP contribution in [0.15, 0.2) is 60.7 Å². The molecule has 160 valence electrons. The highest BCUT2D eigenvalue weighted by molar-refractivity contribution is 5.89. The lowest BCUT2D eigenvalue weighted by Gasteiger charge is -2.04. The van der Waals surface area contributed by atoms with E-state index >= 15 is 0 Å². The Kier molecular flexibility index (Phi) is 11.9. The van der Waals surface area contributed by atoms with Crippen LogP contribution in [-0.2, 0) is 16.0 Å². The molecule has 2 rings (SSSR count). The van der Waals surface area contributed by atoms with Crippen LogP contribution < -0.4 is 11.1 Å². The van der Waals surface area contributed by atoms with E-state index in [9.17, 15) is 9.59 Å². The summed E-state index contributed by atoms with van der Waals surface area (Å²) in [4.78, 5) is 23.5. The average Bonchev–Trinajstić information content (AvgIpc) is 2.69. The number of anilines is 1. The van der Waals surface area contributed by atoms with E-state index in [1.54, 1.807) is 0 Å². The second-order valence-electron chi connectivity index (χ2n) is 6.54. The van der Waals surface area contributed by atoms with Gasteiger partial charge < -0.3 is 21.3 Å². The molecule has 0 spiro atoms. The fraction of sp³-hybridized carbons (Fsp3) is 0.261. The van der Waals surface area contributed by atoms with E-state index in [4.69, 9.17) is 15.9 Å². The summed E-state index contributed by atoms with van der Waals surface area (Å²) in [6, 6.07) is 14.4. The molecule has 0 fully saturated rings. The summed E-state index contributed by atoms with van der Waals surface area (Å²) >= 11 is 0. The van der Waals surface area contributed by atoms with Crippen molar-refractivity contribution in [2.45, 2.75) is 26.2 Å². The normalized spacial score (nSPS) is 10.7. The lowest BCUT2D eigenvalue weighted by atomic mass is 10.1. The van der Waals surface area contributed by atoms with Gasteiger partial charge in [0, 0.05) is 24.4 Å². The maximum atomic E-state index is 9.55. The van der Waals surface area contributed by atoms with Crippen molar-refractivity contribution in [2.75, 3.05) is 18.8 Å². The molecule has 0 atom stereocenters. The number of hydrogen-bond donors (Lipinski definition) is 4. The molecular formula is C23H29N3O4. The molecule has 0 aliphatic rings. The smallest absolute Gasteiger partial charge is 0.328 e. The van der Waals surface area contributed by atoms with Crippen LogP contribution in [-0.4, -0.2) is 40.2 Å². The summed E-state index contributed by atoms with van der Waals surface area (Å²) in [5, 5.41) is 19.1. The fourth-order valence-electron chi connectivity index (χ4n) is 2.54. The van der Waals surface area contributed by atoms with E-state index in [1.807, 2.05) is 12.1 Å². The number of carboxylic acids is 2. The highest BCUT2D eigenvalue weighted by atomic mass is 16.4. The number of carbonyl (C=O) groups is 2. The van der Waals surface area contributed by atoms with E-state index in [2.05, 4.69) is 59.7 Å². The van der Waals surface area contributed by atoms with Gasteiger partial charge in [-0.3, -0.25) is 0 Å². The Hall–Kier alpha value is -3.45. The van der Waals surface area contributed by atoms with Gasteiger partial charge in [0.15, 0.2) is 0 Å². The van der Waals surface area contributed by atoms with Crippen molar-refractivity contribution in [1.82, 2.24) is 10.3 Å². The third-order valence-electron chi connectivity index (χ3n) is 3.82. The number of unbranched alkanes of at least 4 members (excludes halogenated alkanes) is 1. The van der Waals surface area contributed by atoms with E-state index in [1.165, 1.54) is 11.1 Å². The molecular weight excluding hydrogens is 382 g/mol. The number of pyridine rings is 1. The van der Waals surface area contributed by atoms with Gasteiger partial charge in [-0.1, -0.05) is 42.5 Å². The first kappa shape index (κ1) is 24.6. The summed E-state index contributed by atoms with van der Waals surface area (Å²) < 4.78 is 0. The maximum Gasteiger partial charge on any atom is 0.328 e. The zero-order valence-electron chi connectivity index (χ0n) is 17.1. The van der Waals surface area contributed by atoms with Crippen molar-refractivity contribution in [3.8, 4) is 0 Å². The molecule has 1 aromatic heterocycles. The zero-order valence-corrected chi connectivity index (χ0v) is 17.1. The van der Waals surface area contributed by atoms with Crippen LogP contribution in [0.25, 0.3) is 6.08 Å². The fourth-order valence-corrected chi connectivity index (χ4v) is 2.54. The van der Waals surface area contributed by atoms with Crippen molar-refractivity contribution in [2.24, 2.45) is 0 Å². The van der Waals surface area contributed by atoms with Crippen LogP contribution in [0.5, 0.6) is 0 Å². The summed E-state index contributed by atoms with van der Waals surface area (Å²) in [6.07, 6.45) is 8.70. The van der Waals surface area contributed by atoms with Crippen LogP contribution >= 0.6 is 0 Å². The highest BCUT2D eigenvalue weighted by Gasteiger charge is 1.98. The molecule has 0 unspecified atom stereocenters. The first-order valence-corrected chi connectivity index (χ1v) is 9.66. The Balaban J connectivity index is 0.000000479. The maximum absolute atomic E-state index is 9.55. The number of benzene rings is 1. The molecule has 0 amide bonds. The lowest BCUT2D eigenvalue weighted by Crippen LogP contribution is -2.15. The Morgan fingerprint density at radius 1 is 1.07 bits per heavy atom. The number of aliphatic carboxylic acids is 2. The Morgan fingerprint density at radius 3 is 2.33 bits per heavy atom. The highest BCUT2D eigenvalue weighted by Crippen LogP contribution is 2.09. The molecule has 0 radical (unpaired) electrons. The van der Waals surface area contributed by atoms with Crippen LogP contribution in [0.4, 0.5) is 5.82 Å². The molecule has 0 aliphatic heterocycles. The van der Waals surface area contributed by atoms with E-state index < -0.39 is 11.9 Å². The van der Waals surface area contributed by atoms with Gasteiger partial charge in [0.25, 0.3) is 0 Å². The number of nitrogens with one attached hydrogen (secondary N) is 1. The molecule has 1 aromatic carbocycles. The van der Waals surface area contributed by atoms with Crippen molar-refractivity contribution in [1.29, 1.82) is 0 Å². The number of carboxylic acid groups (broad SMARTS) is 2. The van der Waals surface area contributed by atoms with Crippen molar-refractivity contribution < 1.29 is 19.8 Å². The minimum Gasteiger partial charge on any atom is -0.478 e. The van der Waals surface area contributed by atoms with Crippen LogP contribution in [0.2, 0.25) is 0 Å². The quantitative estimate of drug-likeness (QED) is 0.349. The van der Waals surface area contributed by atoms with Gasteiger partial charge in [0.05, 0.1) is 0 Å². The summed E-state index contributed by atoms with van der Waals surface area (Å²) in [6.45, 7) is 3.99. The minimum atomic E-state index is -1.26. The van der Waals surface area contributed by atoms with Gasteiger partial charge >= 0.3 is 11.9 Å². The topological polar surface area (TPSA) is 126 Å². The molecule has 0 saturated carbocycles. The van der Waals surface area contributed by atoms with E-state index in [0.717, 1.165) is 38.0 Å². The van der Waals surface area contributed by atoms with Crippen molar-refractivity contribution >= 4 is 23.8 Å². The Labute approximate surface area is 177 Å². The summed E-state index contributed by atoms with van der Waals surface area (Å²) in [7, 11) is 0. The molecule has 30 heavy (non-hydrogen) atoms. The van der Waals surface area contributed by atoms with Crippen LogP contribution in [0.1, 0.15) is 29.7 Å². The molecule has 1 heterocycles. The summed E-state index contributed by atoms with van der Waals surface area (Å²) in [5.41, 5.74) is 9.29. The second-order valence-corrected chi connectivity index (χ2v) is 6.54. The molecule has 7 nitrogen and oxygen atoms in total. The molecule has 7 heteroatoms. The molecule has 0 saturated heterocycles. The number of nitrogen functional groups attached to an aromatic ring is 1. The van der Waals surface area contributed by atoms with Gasteiger partial charge in [-0.25, -0.2) is 14.6 Å².